The first-order valence-corrected chi connectivity index (χ1v) is 10.1. The summed E-state index contributed by atoms with van der Waals surface area (Å²) < 4.78 is 28.3. The van der Waals surface area contributed by atoms with Crippen molar-refractivity contribution in [3.8, 4) is 0 Å². The van der Waals surface area contributed by atoms with E-state index < -0.39 is 9.84 Å². The van der Waals surface area contributed by atoms with E-state index in [2.05, 4.69) is 10.1 Å². The predicted molar refractivity (Wildman–Crippen MR) is 87.1 cm³/mol. The normalized spacial score (nSPS) is 23.4. The number of hydrogen-bond donors (Lipinski definition) is 0. The maximum atomic E-state index is 12.3. The molecule has 1 aromatic heterocycles. The van der Waals surface area contributed by atoms with Gasteiger partial charge in [-0.15, -0.1) is 0 Å². The van der Waals surface area contributed by atoms with Crippen LogP contribution in [0.4, 0.5) is 0 Å². The van der Waals surface area contributed by atoms with Crippen LogP contribution in [-0.2, 0) is 21.2 Å². The lowest BCUT2D eigenvalue weighted by molar-refractivity contribution is -0.131. The summed E-state index contributed by atoms with van der Waals surface area (Å²) in [6.07, 6.45) is 3.96. The molecule has 1 atom stereocenters. The zero-order valence-electron chi connectivity index (χ0n) is 14.1. The van der Waals surface area contributed by atoms with Gasteiger partial charge in [-0.05, 0) is 26.3 Å². The fourth-order valence-corrected chi connectivity index (χ4v) is 4.84. The van der Waals surface area contributed by atoms with Gasteiger partial charge in [0.25, 0.3) is 0 Å². The minimum atomic E-state index is -2.95. The van der Waals surface area contributed by atoms with Crippen molar-refractivity contribution in [1.82, 2.24) is 19.9 Å². The van der Waals surface area contributed by atoms with E-state index in [1.165, 1.54) is 6.42 Å². The monoisotopic (exact) mass is 356 g/mol. The molecule has 134 valence electrons. The third-order valence-corrected chi connectivity index (χ3v) is 6.71. The first-order valence-electron chi connectivity index (χ1n) is 8.31. The Morgan fingerprint density at radius 1 is 1.29 bits per heavy atom. The zero-order chi connectivity index (χ0) is 17.3. The summed E-state index contributed by atoms with van der Waals surface area (Å²) in [6.45, 7) is 0.482. The van der Waals surface area contributed by atoms with E-state index in [0.717, 1.165) is 12.8 Å². The van der Waals surface area contributed by atoms with Crippen LogP contribution in [-0.4, -0.2) is 72.5 Å². The number of likely N-dealkylation sites (N-methyl/N-ethyl adjacent to an activating group) is 2. The van der Waals surface area contributed by atoms with Gasteiger partial charge in [0.1, 0.15) is 0 Å². The zero-order valence-corrected chi connectivity index (χ0v) is 15.0. The molecular weight excluding hydrogens is 332 g/mol. The van der Waals surface area contributed by atoms with Crippen LogP contribution in [0, 0.1) is 0 Å². The Balaban J connectivity index is 1.50. The molecule has 8 nitrogen and oxygen atoms in total. The topological polar surface area (TPSA) is 96.6 Å². The van der Waals surface area contributed by atoms with Crippen LogP contribution >= 0.6 is 0 Å². The Hall–Kier alpha value is -1.48. The molecule has 0 bridgehead atoms. The van der Waals surface area contributed by atoms with Crippen LogP contribution in [0.25, 0.3) is 0 Å². The van der Waals surface area contributed by atoms with Crippen LogP contribution in [0.15, 0.2) is 4.52 Å². The van der Waals surface area contributed by atoms with Gasteiger partial charge >= 0.3 is 0 Å². The second kappa shape index (κ2) is 6.79. The van der Waals surface area contributed by atoms with Gasteiger partial charge < -0.3 is 9.42 Å². The predicted octanol–water partition coefficient (Wildman–Crippen LogP) is 0.414. The van der Waals surface area contributed by atoms with Gasteiger partial charge in [-0.2, -0.15) is 4.98 Å². The lowest BCUT2D eigenvalue weighted by Crippen LogP contribution is -2.41. The highest BCUT2D eigenvalue weighted by atomic mass is 32.2. The molecule has 0 aromatic carbocycles. The maximum Gasteiger partial charge on any atom is 0.236 e. The molecule has 0 radical (unpaired) electrons. The highest BCUT2D eigenvalue weighted by Gasteiger charge is 2.32. The number of hydrogen-bond acceptors (Lipinski definition) is 7. The average Bonchev–Trinajstić information content (AvgIpc) is 3.03. The first-order chi connectivity index (χ1) is 11.3. The molecule has 24 heavy (non-hydrogen) atoms. The van der Waals surface area contributed by atoms with Gasteiger partial charge in [-0.1, -0.05) is 11.6 Å². The number of aromatic nitrogens is 2. The quantitative estimate of drug-likeness (QED) is 0.728. The minimum Gasteiger partial charge on any atom is -0.339 e. The Labute approximate surface area is 142 Å². The number of carbonyl (C=O) groups is 1. The summed E-state index contributed by atoms with van der Waals surface area (Å²) >= 11 is 0. The summed E-state index contributed by atoms with van der Waals surface area (Å²) in [5, 5.41) is 3.94. The van der Waals surface area contributed by atoms with Crippen LogP contribution in [0.3, 0.4) is 0 Å². The highest BCUT2D eigenvalue weighted by molar-refractivity contribution is 7.91. The van der Waals surface area contributed by atoms with Crippen molar-refractivity contribution >= 4 is 15.7 Å². The van der Waals surface area contributed by atoms with Crippen molar-refractivity contribution < 1.29 is 17.7 Å². The molecule has 1 saturated heterocycles. The van der Waals surface area contributed by atoms with E-state index in [4.69, 9.17) is 4.52 Å². The number of nitrogens with zero attached hydrogens (tertiary/aromatic N) is 4. The molecule has 1 aromatic rings. The van der Waals surface area contributed by atoms with Gasteiger partial charge in [0.2, 0.25) is 11.8 Å². The second-order valence-corrected chi connectivity index (χ2v) is 9.13. The molecule has 1 amide bonds. The van der Waals surface area contributed by atoms with Crippen LogP contribution < -0.4 is 0 Å². The van der Waals surface area contributed by atoms with Crippen molar-refractivity contribution in [2.45, 2.75) is 44.2 Å². The third-order valence-electron chi connectivity index (χ3n) is 4.96. The van der Waals surface area contributed by atoms with Gasteiger partial charge in [-0.25, -0.2) is 8.42 Å². The lowest BCUT2D eigenvalue weighted by atomic mass is 9.85. The lowest BCUT2D eigenvalue weighted by Gasteiger charge is -2.25. The highest BCUT2D eigenvalue weighted by Crippen LogP contribution is 2.35. The van der Waals surface area contributed by atoms with Crippen LogP contribution in [0.5, 0.6) is 0 Å². The summed E-state index contributed by atoms with van der Waals surface area (Å²) in [7, 11) is 0.541. The van der Waals surface area contributed by atoms with Gasteiger partial charge in [0.15, 0.2) is 15.7 Å². The molecule has 1 aliphatic carbocycles. The first kappa shape index (κ1) is 17.3. The average molecular weight is 356 g/mol. The molecule has 3 rings (SSSR count). The van der Waals surface area contributed by atoms with Crippen molar-refractivity contribution in [2.75, 3.05) is 32.1 Å². The molecule has 2 aliphatic rings. The molecule has 2 fully saturated rings. The van der Waals surface area contributed by atoms with E-state index in [9.17, 15) is 13.2 Å². The summed E-state index contributed by atoms with van der Waals surface area (Å²) in [5.74, 6) is 1.82. The fourth-order valence-electron chi connectivity index (χ4n) is 3.04. The maximum absolute atomic E-state index is 12.3. The van der Waals surface area contributed by atoms with Gasteiger partial charge in [0, 0.05) is 19.0 Å². The van der Waals surface area contributed by atoms with Crippen molar-refractivity contribution in [1.29, 1.82) is 0 Å². The van der Waals surface area contributed by atoms with Crippen molar-refractivity contribution in [3.63, 3.8) is 0 Å². The summed E-state index contributed by atoms with van der Waals surface area (Å²) in [6, 6.07) is -0.0808. The molecule has 0 spiro atoms. The second-order valence-electron chi connectivity index (χ2n) is 6.90. The van der Waals surface area contributed by atoms with E-state index in [1.54, 1.807) is 19.0 Å². The fraction of sp³-hybridized carbons (Fsp3) is 0.800. The van der Waals surface area contributed by atoms with E-state index >= 15 is 0 Å². The Morgan fingerprint density at radius 3 is 2.62 bits per heavy atom. The van der Waals surface area contributed by atoms with Gasteiger partial charge in [-0.3, -0.25) is 9.69 Å². The summed E-state index contributed by atoms with van der Waals surface area (Å²) in [4.78, 5) is 20.1. The van der Waals surface area contributed by atoms with Crippen molar-refractivity contribution in [2.24, 2.45) is 0 Å². The van der Waals surface area contributed by atoms with E-state index in [1.807, 2.05) is 4.90 Å². The standard InChI is InChI=1S/C15H24N4O4S/c1-18(12-6-7-24(21,22)10-12)9-14(20)19(2)8-13-16-15(23-17-13)11-4-3-5-11/h11-12H,3-10H2,1-2H3/t12-/m1/s1. The number of sulfone groups is 1. The Kier molecular flexibility index (Phi) is 4.91. The molecule has 1 saturated carbocycles. The molecule has 1 aliphatic heterocycles. The number of amides is 1. The molecule has 2 heterocycles. The Bertz CT molecular complexity index is 698. The summed E-state index contributed by atoms with van der Waals surface area (Å²) in [5.41, 5.74) is 0. The minimum absolute atomic E-state index is 0.0808. The molecule has 9 heteroatoms. The van der Waals surface area contributed by atoms with Crippen molar-refractivity contribution in [3.05, 3.63) is 11.7 Å². The van der Waals surface area contributed by atoms with Gasteiger partial charge in [0.05, 0.1) is 24.6 Å². The number of rotatable bonds is 6. The molecule has 0 unspecified atom stereocenters. The van der Waals surface area contributed by atoms with E-state index in [-0.39, 0.29) is 30.0 Å². The van der Waals surface area contributed by atoms with E-state index in [0.29, 0.717) is 30.6 Å². The third kappa shape index (κ3) is 3.94. The molecular formula is C15H24N4O4S. The van der Waals surface area contributed by atoms with Crippen LogP contribution in [0.2, 0.25) is 0 Å². The largest absolute Gasteiger partial charge is 0.339 e. The molecule has 0 N–H and O–H groups in total. The smallest absolute Gasteiger partial charge is 0.236 e. The Morgan fingerprint density at radius 2 is 2.04 bits per heavy atom. The van der Waals surface area contributed by atoms with Crippen LogP contribution in [0.1, 0.15) is 43.3 Å². The SMILES string of the molecule is CN(Cc1noc(C2CCC2)n1)C(=O)CN(C)[C@@H]1CCS(=O)(=O)C1. The number of carbonyl (C=O) groups excluding carboxylic acids is 1.